The van der Waals surface area contributed by atoms with Crippen LogP contribution in [-0.4, -0.2) is 16.3 Å². The van der Waals surface area contributed by atoms with Gasteiger partial charge < -0.3 is 5.32 Å². The van der Waals surface area contributed by atoms with Gasteiger partial charge >= 0.3 is 0 Å². The number of hydrogen-bond donors (Lipinski definition) is 1. The van der Waals surface area contributed by atoms with Gasteiger partial charge in [-0.05, 0) is 32.0 Å². The number of hydrogen-bond acceptors (Lipinski definition) is 2. The summed E-state index contributed by atoms with van der Waals surface area (Å²) in [5.41, 5.74) is 3.81. The van der Waals surface area contributed by atoms with Crippen LogP contribution in [0.1, 0.15) is 36.7 Å². The van der Waals surface area contributed by atoms with Gasteiger partial charge in [-0.15, -0.1) is 0 Å². The quantitative estimate of drug-likeness (QED) is 0.875. The highest BCUT2D eigenvalue weighted by atomic mass is 15.3. The molecule has 2 aromatic rings. The van der Waals surface area contributed by atoms with Gasteiger partial charge in [0.25, 0.3) is 0 Å². The van der Waals surface area contributed by atoms with Crippen LogP contribution in [0.4, 0.5) is 0 Å². The lowest BCUT2D eigenvalue weighted by molar-refractivity contribution is 0.542. The van der Waals surface area contributed by atoms with E-state index in [4.69, 9.17) is 0 Å². The summed E-state index contributed by atoms with van der Waals surface area (Å²) in [6.45, 7) is 8.22. The van der Waals surface area contributed by atoms with Crippen LogP contribution in [0.15, 0.2) is 36.5 Å². The largest absolute Gasteiger partial charge is 0.305 e. The van der Waals surface area contributed by atoms with Crippen molar-refractivity contribution >= 4 is 0 Å². The Morgan fingerprint density at radius 3 is 2.78 bits per heavy atom. The van der Waals surface area contributed by atoms with Crippen molar-refractivity contribution in [2.75, 3.05) is 6.54 Å². The van der Waals surface area contributed by atoms with E-state index in [-0.39, 0.29) is 6.04 Å². The minimum Gasteiger partial charge on any atom is -0.305 e. The molecule has 1 aromatic carbocycles. The van der Waals surface area contributed by atoms with E-state index in [0.29, 0.717) is 0 Å². The summed E-state index contributed by atoms with van der Waals surface area (Å²) >= 11 is 0. The van der Waals surface area contributed by atoms with Crippen LogP contribution in [-0.2, 0) is 6.54 Å². The Morgan fingerprint density at radius 2 is 2.11 bits per heavy atom. The van der Waals surface area contributed by atoms with E-state index in [1.165, 1.54) is 16.8 Å². The number of nitrogens with one attached hydrogen (secondary N) is 1. The number of nitrogens with zero attached hydrogens (tertiary/aromatic N) is 2. The average Bonchev–Trinajstić information content (AvgIpc) is 2.84. The zero-order valence-corrected chi connectivity index (χ0v) is 11.4. The number of aryl methyl sites for hydroxylation is 2. The normalized spacial score (nSPS) is 12.6. The molecule has 0 fully saturated rings. The molecule has 2 rings (SSSR count). The molecule has 3 nitrogen and oxygen atoms in total. The molecule has 1 aromatic heterocycles. The SMILES string of the molecule is CCNC(c1cccc(C)c1)c1ccnn1CC. The van der Waals surface area contributed by atoms with Gasteiger partial charge in [-0.1, -0.05) is 36.8 Å². The van der Waals surface area contributed by atoms with Crippen LogP contribution < -0.4 is 5.32 Å². The van der Waals surface area contributed by atoms with Crippen molar-refractivity contribution in [1.29, 1.82) is 0 Å². The van der Waals surface area contributed by atoms with Crippen molar-refractivity contribution in [1.82, 2.24) is 15.1 Å². The zero-order valence-electron chi connectivity index (χ0n) is 11.4. The fourth-order valence-corrected chi connectivity index (χ4v) is 2.30. The Bertz CT molecular complexity index is 502. The Hall–Kier alpha value is -1.61. The van der Waals surface area contributed by atoms with Gasteiger partial charge in [-0.25, -0.2) is 0 Å². The Labute approximate surface area is 109 Å². The highest BCUT2D eigenvalue weighted by Gasteiger charge is 2.16. The molecule has 96 valence electrons. The van der Waals surface area contributed by atoms with Crippen LogP contribution in [0.25, 0.3) is 0 Å². The molecule has 0 spiro atoms. The first kappa shape index (κ1) is 12.8. The molecular formula is C15H21N3. The maximum atomic E-state index is 4.36. The molecule has 0 aliphatic heterocycles. The third-order valence-electron chi connectivity index (χ3n) is 3.13. The second-order valence-electron chi connectivity index (χ2n) is 4.48. The fraction of sp³-hybridized carbons (Fsp3) is 0.400. The minimum absolute atomic E-state index is 0.220. The molecule has 0 saturated carbocycles. The van der Waals surface area contributed by atoms with Crippen LogP contribution >= 0.6 is 0 Å². The molecule has 0 aliphatic rings. The van der Waals surface area contributed by atoms with E-state index < -0.39 is 0 Å². The summed E-state index contributed by atoms with van der Waals surface area (Å²) in [6, 6.07) is 11.0. The predicted molar refractivity (Wildman–Crippen MR) is 74.6 cm³/mol. The Morgan fingerprint density at radius 1 is 1.28 bits per heavy atom. The first-order valence-electron chi connectivity index (χ1n) is 6.58. The number of benzene rings is 1. The Balaban J connectivity index is 2.39. The predicted octanol–water partition coefficient (Wildman–Crippen LogP) is 2.91. The van der Waals surface area contributed by atoms with Crippen molar-refractivity contribution < 1.29 is 0 Å². The van der Waals surface area contributed by atoms with Crippen molar-refractivity contribution in [3.8, 4) is 0 Å². The minimum atomic E-state index is 0.220. The third kappa shape index (κ3) is 2.62. The first-order chi connectivity index (χ1) is 8.76. The number of aromatic nitrogens is 2. The van der Waals surface area contributed by atoms with E-state index in [1.807, 2.05) is 6.20 Å². The summed E-state index contributed by atoms with van der Waals surface area (Å²) in [5.74, 6) is 0. The lowest BCUT2D eigenvalue weighted by Gasteiger charge is -2.20. The highest BCUT2D eigenvalue weighted by molar-refractivity contribution is 5.31. The number of rotatable bonds is 5. The molecule has 1 heterocycles. The Kier molecular flexibility index (Phi) is 4.15. The highest BCUT2D eigenvalue weighted by Crippen LogP contribution is 2.22. The third-order valence-corrected chi connectivity index (χ3v) is 3.13. The molecule has 0 saturated heterocycles. The second kappa shape index (κ2) is 5.83. The molecule has 0 bridgehead atoms. The summed E-state index contributed by atoms with van der Waals surface area (Å²) in [4.78, 5) is 0. The van der Waals surface area contributed by atoms with E-state index in [1.54, 1.807) is 0 Å². The van der Waals surface area contributed by atoms with Crippen molar-refractivity contribution in [3.63, 3.8) is 0 Å². The molecule has 0 aliphatic carbocycles. The second-order valence-corrected chi connectivity index (χ2v) is 4.48. The lowest BCUT2D eigenvalue weighted by atomic mass is 10.0. The molecule has 1 N–H and O–H groups in total. The van der Waals surface area contributed by atoms with Crippen LogP contribution in [0.3, 0.4) is 0 Å². The van der Waals surface area contributed by atoms with E-state index in [0.717, 1.165) is 13.1 Å². The maximum Gasteiger partial charge on any atom is 0.0748 e. The van der Waals surface area contributed by atoms with Crippen molar-refractivity contribution in [2.45, 2.75) is 33.4 Å². The standard InChI is InChI=1S/C15H21N3/c1-4-16-15(13-8-6-7-12(3)11-13)14-9-10-17-18(14)5-2/h6-11,15-16H,4-5H2,1-3H3. The van der Waals surface area contributed by atoms with Crippen LogP contribution in [0.5, 0.6) is 0 Å². The van der Waals surface area contributed by atoms with Gasteiger partial charge in [0.15, 0.2) is 0 Å². The fourth-order valence-electron chi connectivity index (χ4n) is 2.30. The first-order valence-corrected chi connectivity index (χ1v) is 6.58. The summed E-state index contributed by atoms with van der Waals surface area (Å²) < 4.78 is 2.05. The maximum absolute atomic E-state index is 4.36. The van der Waals surface area contributed by atoms with Gasteiger partial charge in [0, 0.05) is 12.7 Å². The van der Waals surface area contributed by atoms with Gasteiger partial charge in [0.05, 0.1) is 11.7 Å². The van der Waals surface area contributed by atoms with E-state index in [9.17, 15) is 0 Å². The summed E-state index contributed by atoms with van der Waals surface area (Å²) in [7, 11) is 0. The van der Waals surface area contributed by atoms with E-state index in [2.05, 4.69) is 66.2 Å². The lowest BCUT2D eigenvalue weighted by Crippen LogP contribution is -2.24. The summed E-state index contributed by atoms with van der Waals surface area (Å²) in [6.07, 6.45) is 1.87. The molecule has 0 amide bonds. The van der Waals surface area contributed by atoms with Crippen LogP contribution in [0.2, 0.25) is 0 Å². The smallest absolute Gasteiger partial charge is 0.0748 e. The van der Waals surface area contributed by atoms with E-state index >= 15 is 0 Å². The molecule has 18 heavy (non-hydrogen) atoms. The average molecular weight is 243 g/mol. The molecule has 3 heteroatoms. The molecule has 1 unspecified atom stereocenters. The zero-order chi connectivity index (χ0) is 13.0. The topological polar surface area (TPSA) is 29.9 Å². The molecule has 1 atom stereocenters. The van der Waals surface area contributed by atoms with Gasteiger partial charge in [-0.2, -0.15) is 5.10 Å². The monoisotopic (exact) mass is 243 g/mol. The molecule has 0 radical (unpaired) electrons. The van der Waals surface area contributed by atoms with Crippen molar-refractivity contribution in [2.24, 2.45) is 0 Å². The van der Waals surface area contributed by atoms with Gasteiger partial charge in [0.1, 0.15) is 0 Å². The van der Waals surface area contributed by atoms with Crippen molar-refractivity contribution in [3.05, 3.63) is 53.3 Å². The van der Waals surface area contributed by atoms with Gasteiger partial charge in [0.2, 0.25) is 0 Å². The van der Waals surface area contributed by atoms with Gasteiger partial charge in [-0.3, -0.25) is 4.68 Å². The summed E-state index contributed by atoms with van der Waals surface area (Å²) in [5, 5.41) is 7.90. The molecular weight excluding hydrogens is 222 g/mol. The van der Waals surface area contributed by atoms with Crippen LogP contribution in [0, 0.1) is 6.92 Å².